The number of benzene rings is 2. The molecule has 0 aromatic heterocycles. The van der Waals surface area contributed by atoms with Crippen LogP contribution >= 0.6 is 0 Å². The minimum atomic E-state index is -0.155. The number of carbonyl (C=O) groups excluding carboxylic acids is 1. The van der Waals surface area contributed by atoms with Crippen LogP contribution in [0.5, 0.6) is 0 Å². The topological polar surface area (TPSA) is 91.0 Å². The Hall–Kier alpha value is -2.82. The lowest BCUT2D eigenvalue weighted by atomic mass is 10.1. The number of nitrogens with two attached hydrogens (primary N) is 1. The highest BCUT2D eigenvalue weighted by molar-refractivity contribution is 6.00. The Morgan fingerprint density at radius 1 is 1.25 bits per heavy atom. The highest BCUT2D eigenvalue weighted by atomic mass is 16.1. The zero-order chi connectivity index (χ0) is 14.5. The van der Waals surface area contributed by atoms with Crippen LogP contribution in [0.4, 0.5) is 17.1 Å². The highest BCUT2D eigenvalue weighted by Crippen LogP contribution is 2.23. The fourth-order valence-electron chi connectivity index (χ4n) is 1.86. The van der Waals surface area contributed by atoms with E-state index >= 15 is 0 Å². The molecule has 5 nitrogen and oxygen atoms in total. The van der Waals surface area contributed by atoms with Crippen LogP contribution in [0.3, 0.4) is 0 Å². The molecule has 0 fully saturated rings. The lowest BCUT2D eigenvalue weighted by Gasteiger charge is -2.12. The van der Waals surface area contributed by atoms with Crippen LogP contribution in [0.2, 0.25) is 0 Å². The van der Waals surface area contributed by atoms with Gasteiger partial charge in [-0.15, -0.1) is 0 Å². The summed E-state index contributed by atoms with van der Waals surface area (Å²) in [4.78, 5) is 11.8. The molecule has 0 radical (unpaired) electrons. The molecule has 2 aromatic carbocycles. The maximum Gasteiger partial charge on any atom is 0.253 e. The molecule has 0 aliphatic heterocycles. The largest absolute Gasteiger partial charge is 0.398 e. The summed E-state index contributed by atoms with van der Waals surface area (Å²) in [6, 6.07) is 12.5. The standard InChI is InChI=1S/C15H16N4O/c1-18-15(20)12-4-2-3-5-14(12)19-11-7-6-10(9-16)13(17)8-11/h2-9,16,19H,17H2,1H3,(H,18,20). The second-order valence-corrected chi connectivity index (χ2v) is 4.24. The average Bonchev–Trinajstić information content (AvgIpc) is 2.47. The van der Waals surface area contributed by atoms with E-state index in [9.17, 15) is 4.79 Å². The van der Waals surface area contributed by atoms with Crippen LogP contribution in [0.25, 0.3) is 0 Å². The molecule has 0 aliphatic carbocycles. The van der Waals surface area contributed by atoms with Gasteiger partial charge in [0.1, 0.15) is 0 Å². The molecule has 0 bridgehead atoms. The van der Waals surface area contributed by atoms with Crippen LogP contribution in [-0.4, -0.2) is 19.2 Å². The number of anilines is 3. The maximum atomic E-state index is 11.8. The molecule has 2 rings (SSSR count). The van der Waals surface area contributed by atoms with Gasteiger partial charge in [0.25, 0.3) is 5.91 Å². The summed E-state index contributed by atoms with van der Waals surface area (Å²) in [7, 11) is 1.59. The van der Waals surface area contributed by atoms with Crippen molar-refractivity contribution in [1.82, 2.24) is 5.32 Å². The van der Waals surface area contributed by atoms with Gasteiger partial charge in [-0.05, 0) is 30.3 Å². The fourth-order valence-corrected chi connectivity index (χ4v) is 1.86. The Balaban J connectivity index is 2.33. The molecule has 5 heteroatoms. The van der Waals surface area contributed by atoms with Crippen molar-refractivity contribution in [2.45, 2.75) is 0 Å². The van der Waals surface area contributed by atoms with Gasteiger partial charge in [-0.3, -0.25) is 4.79 Å². The van der Waals surface area contributed by atoms with E-state index in [1.807, 2.05) is 24.3 Å². The van der Waals surface area contributed by atoms with Crippen LogP contribution in [0.1, 0.15) is 15.9 Å². The van der Waals surface area contributed by atoms with Gasteiger partial charge in [-0.1, -0.05) is 12.1 Å². The van der Waals surface area contributed by atoms with Gasteiger partial charge < -0.3 is 21.8 Å². The summed E-state index contributed by atoms with van der Waals surface area (Å²) in [6.07, 6.45) is 1.21. The molecular formula is C15H16N4O. The first-order valence-corrected chi connectivity index (χ1v) is 6.14. The number of hydrogen-bond acceptors (Lipinski definition) is 4. The summed E-state index contributed by atoms with van der Waals surface area (Å²) in [6.45, 7) is 0. The smallest absolute Gasteiger partial charge is 0.253 e. The first-order chi connectivity index (χ1) is 9.65. The Morgan fingerprint density at radius 3 is 2.65 bits per heavy atom. The predicted molar refractivity (Wildman–Crippen MR) is 81.9 cm³/mol. The summed E-state index contributed by atoms with van der Waals surface area (Å²) in [5.74, 6) is -0.155. The van der Waals surface area contributed by atoms with Crippen molar-refractivity contribution in [3.05, 3.63) is 53.6 Å². The van der Waals surface area contributed by atoms with E-state index in [0.717, 1.165) is 5.69 Å². The maximum absolute atomic E-state index is 11.8. The van der Waals surface area contributed by atoms with Gasteiger partial charge in [-0.25, -0.2) is 0 Å². The van der Waals surface area contributed by atoms with Gasteiger partial charge in [0.15, 0.2) is 0 Å². The third kappa shape index (κ3) is 2.77. The number of amides is 1. The van der Waals surface area contributed by atoms with Crippen LogP contribution in [-0.2, 0) is 0 Å². The van der Waals surface area contributed by atoms with Gasteiger partial charge in [0, 0.05) is 30.2 Å². The molecule has 0 saturated carbocycles. The van der Waals surface area contributed by atoms with Crippen molar-refractivity contribution in [3.63, 3.8) is 0 Å². The van der Waals surface area contributed by atoms with Crippen molar-refractivity contribution < 1.29 is 4.79 Å². The average molecular weight is 268 g/mol. The van der Waals surface area contributed by atoms with E-state index in [-0.39, 0.29) is 5.91 Å². The fraction of sp³-hybridized carbons (Fsp3) is 0.0667. The van der Waals surface area contributed by atoms with Gasteiger partial charge in [0.2, 0.25) is 0 Å². The third-order valence-corrected chi connectivity index (χ3v) is 2.92. The van der Waals surface area contributed by atoms with Crippen molar-refractivity contribution >= 4 is 29.2 Å². The van der Waals surface area contributed by atoms with E-state index in [1.165, 1.54) is 6.21 Å². The third-order valence-electron chi connectivity index (χ3n) is 2.92. The molecule has 0 heterocycles. The number of carbonyl (C=O) groups is 1. The Morgan fingerprint density at radius 2 is 2.00 bits per heavy atom. The van der Waals surface area contributed by atoms with Crippen LogP contribution in [0.15, 0.2) is 42.5 Å². The predicted octanol–water partition coefficient (Wildman–Crippen LogP) is 2.37. The number of nitrogens with one attached hydrogen (secondary N) is 3. The lowest BCUT2D eigenvalue weighted by Crippen LogP contribution is -2.19. The molecule has 0 aliphatic rings. The van der Waals surface area contributed by atoms with E-state index in [2.05, 4.69) is 10.6 Å². The summed E-state index contributed by atoms with van der Waals surface area (Å²) in [5.41, 5.74) is 9.05. The van der Waals surface area contributed by atoms with Gasteiger partial charge in [-0.2, -0.15) is 0 Å². The van der Waals surface area contributed by atoms with Crippen LogP contribution < -0.4 is 16.4 Å². The molecule has 0 atom stereocenters. The molecule has 1 amide bonds. The lowest BCUT2D eigenvalue weighted by molar-refractivity contribution is 0.0964. The first-order valence-electron chi connectivity index (χ1n) is 6.14. The molecule has 102 valence electrons. The minimum absolute atomic E-state index is 0.155. The molecule has 0 saturated heterocycles. The first kappa shape index (κ1) is 13.6. The Bertz CT molecular complexity index is 652. The van der Waals surface area contributed by atoms with Crippen molar-refractivity contribution in [2.75, 3.05) is 18.1 Å². The zero-order valence-corrected chi connectivity index (χ0v) is 11.1. The molecular weight excluding hydrogens is 252 g/mol. The summed E-state index contributed by atoms with van der Waals surface area (Å²) in [5, 5.41) is 13.0. The number of hydrogen-bond donors (Lipinski definition) is 4. The van der Waals surface area contributed by atoms with Crippen LogP contribution in [0, 0.1) is 5.41 Å². The van der Waals surface area contributed by atoms with Crippen molar-refractivity contribution in [3.8, 4) is 0 Å². The molecule has 2 aromatic rings. The summed E-state index contributed by atoms with van der Waals surface area (Å²) >= 11 is 0. The molecule has 20 heavy (non-hydrogen) atoms. The zero-order valence-electron chi connectivity index (χ0n) is 11.1. The van der Waals surface area contributed by atoms with Crippen molar-refractivity contribution in [2.24, 2.45) is 0 Å². The molecule has 5 N–H and O–H groups in total. The van der Waals surface area contributed by atoms with E-state index in [1.54, 1.807) is 25.2 Å². The van der Waals surface area contributed by atoms with Gasteiger partial charge >= 0.3 is 0 Å². The monoisotopic (exact) mass is 268 g/mol. The van der Waals surface area contributed by atoms with Gasteiger partial charge in [0.05, 0.1) is 11.3 Å². The number of nitrogen functional groups attached to an aromatic ring is 1. The second kappa shape index (κ2) is 5.88. The quantitative estimate of drug-likeness (QED) is 0.507. The summed E-state index contributed by atoms with van der Waals surface area (Å²) < 4.78 is 0. The highest BCUT2D eigenvalue weighted by Gasteiger charge is 2.09. The Labute approximate surface area is 117 Å². The van der Waals surface area contributed by atoms with E-state index in [0.29, 0.717) is 22.5 Å². The Kier molecular flexibility index (Phi) is 4.00. The second-order valence-electron chi connectivity index (χ2n) is 4.24. The normalized spacial score (nSPS) is 9.85. The SMILES string of the molecule is CNC(=O)c1ccccc1Nc1ccc(C=N)c(N)c1. The number of rotatable bonds is 4. The molecule has 0 unspecified atom stereocenters. The van der Waals surface area contributed by atoms with E-state index < -0.39 is 0 Å². The minimum Gasteiger partial charge on any atom is -0.398 e. The molecule has 0 spiro atoms. The van der Waals surface area contributed by atoms with Crippen molar-refractivity contribution in [1.29, 1.82) is 5.41 Å². The number of para-hydroxylation sites is 1. The van der Waals surface area contributed by atoms with E-state index in [4.69, 9.17) is 11.1 Å².